The fourth-order valence-electron chi connectivity index (χ4n) is 1.78. The van der Waals surface area contributed by atoms with Crippen LogP contribution in [0.4, 0.5) is 5.69 Å². The van der Waals surface area contributed by atoms with E-state index in [0.29, 0.717) is 37.9 Å². The van der Waals surface area contributed by atoms with E-state index in [1.165, 1.54) is 19.3 Å². The number of rotatable bonds is 12. The zero-order chi connectivity index (χ0) is 14.5. The number of unbranched alkanes of at least 4 members (excludes halogenated alkanes) is 3. The van der Waals surface area contributed by atoms with Crippen LogP contribution in [-0.4, -0.2) is 33.0 Å². The van der Waals surface area contributed by atoms with Gasteiger partial charge in [-0.2, -0.15) is 0 Å². The molecular weight excluding hydrogens is 254 g/mol. The molecule has 114 valence electrons. The van der Waals surface area contributed by atoms with Gasteiger partial charge in [0.1, 0.15) is 12.4 Å². The lowest BCUT2D eigenvalue weighted by Crippen LogP contribution is -2.11. The number of para-hydroxylation sites is 2. The van der Waals surface area contributed by atoms with E-state index < -0.39 is 0 Å². The summed E-state index contributed by atoms with van der Waals surface area (Å²) in [4.78, 5) is 0. The summed E-state index contributed by atoms with van der Waals surface area (Å²) in [6.45, 7) is 5.36. The van der Waals surface area contributed by atoms with Crippen LogP contribution in [0, 0.1) is 0 Å². The number of nitrogen functional groups attached to an aromatic ring is 1. The summed E-state index contributed by atoms with van der Waals surface area (Å²) < 4.78 is 16.4. The van der Waals surface area contributed by atoms with Gasteiger partial charge in [0.2, 0.25) is 0 Å². The molecule has 1 aromatic carbocycles. The highest BCUT2D eigenvalue weighted by Crippen LogP contribution is 2.19. The summed E-state index contributed by atoms with van der Waals surface area (Å²) in [7, 11) is 0. The second-order valence-electron chi connectivity index (χ2n) is 4.67. The van der Waals surface area contributed by atoms with Gasteiger partial charge in [-0.15, -0.1) is 0 Å². The van der Waals surface area contributed by atoms with Gasteiger partial charge in [-0.1, -0.05) is 38.3 Å². The average Bonchev–Trinajstić information content (AvgIpc) is 2.46. The molecular formula is C16H27NO3. The minimum absolute atomic E-state index is 0.505. The second-order valence-corrected chi connectivity index (χ2v) is 4.67. The smallest absolute Gasteiger partial charge is 0.142 e. The van der Waals surface area contributed by atoms with Crippen LogP contribution < -0.4 is 10.5 Å². The molecule has 2 N–H and O–H groups in total. The van der Waals surface area contributed by atoms with E-state index in [-0.39, 0.29) is 0 Å². The van der Waals surface area contributed by atoms with E-state index in [9.17, 15) is 0 Å². The van der Waals surface area contributed by atoms with Crippen LogP contribution in [0.15, 0.2) is 24.3 Å². The Morgan fingerprint density at radius 1 is 0.850 bits per heavy atom. The molecule has 4 heteroatoms. The van der Waals surface area contributed by atoms with Gasteiger partial charge in [-0.25, -0.2) is 0 Å². The number of hydrogen-bond acceptors (Lipinski definition) is 4. The zero-order valence-corrected chi connectivity index (χ0v) is 12.5. The SMILES string of the molecule is CCCCCCOCCOCCOc1ccccc1N. The Balaban J connectivity index is 1.87. The number of anilines is 1. The predicted octanol–water partition coefficient (Wildman–Crippen LogP) is 3.26. The number of nitrogens with two attached hydrogens (primary N) is 1. The number of ether oxygens (including phenoxy) is 3. The summed E-state index contributed by atoms with van der Waals surface area (Å²) in [5.41, 5.74) is 6.42. The number of benzene rings is 1. The van der Waals surface area contributed by atoms with Crippen molar-refractivity contribution in [1.29, 1.82) is 0 Å². The monoisotopic (exact) mass is 281 g/mol. The third kappa shape index (κ3) is 8.02. The van der Waals surface area contributed by atoms with E-state index in [1.807, 2.05) is 24.3 Å². The standard InChI is InChI=1S/C16H27NO3/c1-2-3-4-7-10-18-11-12-19-13-14-20-16-9-6-5-8-15(16)17/h5-6,8-9H,2-4,7,10-14,17H2,1H3. The molecule has 0 saturated heterocycles. The van der Waals surface area contributed by atoms with Crippen LogP contribution in [0.3, 0.4) is 0 Å². The van der Waals surface area contributed by atoms with Crippen molar-refractivity contribution in [3.05, 3.63) is 24.3 Å². The summed E-state index contributed by atoms with van der Waals surface area (Å²) in [6, 6.07) is 7.47. The fourth-order valence-corrected chi connectivity index (χ4v) is 1.78. The van der Waals surface area contributed by atoms with Gasteiger partial charge in [0, 0.05) is 6.61 Å². The first-order valence-electron chi connectivity index (χ1n) is 7.47. The first-order valence-corrected chi connectivity index (χ1v) is 7.47. The van der Waals surface area contributed by atoms with Crippen molar-refractivity contribution < 1.29 is 14.2 Å². The average molecular weight is 281 g/mol. The quantitative estimate of drug-likeness (QED) is 0.472. The molecule has 0 aliphatic carbocycles. The summed E-state index contributed by atoms with van der Waals surface area (Å²) >= 11 is 0. The van der Waals surface area contributed by atoms with Crippen molar-refractivity contribution >= 4 is 5.69 Å². The van der Waals surface area contributed by atoms with Crippen molar-refractivity contribution in [2.75, 3.05) is 38.8 Å². The molecule has 0 aromatic heterocycles. The van der Waals surface area contributed by atoms with Crippen molar-refractivity contribution in [2.24, 2.45) is 0 Å². The Hall–Kier alpha value is -1.26. The molecule has 0 amide bonds. The highest BCUT2D eigenvalue weighted by molar-refractivity contribution is 5.51. The molecule has 0 unspecified atom stereocenters. The molecule has 0 aliphatic heterocycles. The third-order valence-electron chi connectivity index (χ3n) is 2.92. The van der Waals surface area contributed by atoms with Crippen molar-refractivity contribution in [2.45, 2.75) is 32.6 Å². The van der Waals surface area contributed by atoms with Crippen molar-refractivity contribution in [3.8, 4) is 5.75 Å². The zero-order valence-electron chi connectivity index (χ0n) is 12.5. The molecule has 0 fully saturated rings. The van der Waals surface area contributed by atoms with E-state index in [4.69, 9.17) is 19.9 Å². The van der Waals surface area contributed by atoms with Crippen LogP contribution in [-0.2, 0) is 9.47 Å². The maximum Gasteiger partial charge on any atom is 0.142 e. The van der Waals surface area contributed by atoms with Crippen LogP contribution in [0.2, 0.25) is 0 Å². The second kappa shape index (κ2) is 11.6. The van der Waals surface area contributed by atoms with Gasteiger partial charge in [0.05, 0.1) is 25.5 Å². The lowest BCUT2D eigenvalue weighted by Gasteiger charge is -2.09. The summed E-state index contributed by atoms with van der Waals surface area (Å²) in [6.07, 6.45) is 4.95. The summed E-state index contributed by atoms with van der Waals surface area (Å²) in [5.74, 6) is 0.711. The number of hydrogen-bond donors (Lipinski definition) is 1. The molecule has 0 atom stereocenters. The topological polar surface area (TPSA) is 53.7 Å². The van der Waals surface area contributed by atoms with Crippen molar-refractivity contribution in [1.82, 2.24) is 0 Å². The van der Waals surface area contributed by atoms with Gasteiger partial charge in [0.15, 0.2) is 0 Å². The van der Waals surface area contributed by atoms with Crippen LogP contribution in [0.1, 0.15) is 32.6 Å². The minimum atomic E-state index is 0.505. The van der Waals surface area contributed by atoms with Crippen LogP contribution >= 0.6 is 0 Å². The Morgan fingerprint density at radius 2 is 1.55 bits per heavy atom. The molecule has 0 aliphatic rings. The third-order valence-corrected chi connectivity index (χ3v) is 2.92. The molecule has 4 nitrogen and oxygen atoms in total. The van der Waals surface area contributed by atoms with Crippen LogP contribution in [0.25, 0.3) is 0 Å². The van der Waals surface area contributed by atoms with Crippen LogP contribution in [0.5, 0.6) is 5.75 Å². The predicted molar refractivity (Wildman–Crippen MR) is 82.1 cm³/mol. The fraction of sp³-hybridized carbons (Fsp3) is 0.625. The molecule has 0 bridgehead atoms. The first-order chi connectivity index (χ1) is 9.84. The Morgan fingerprint density at radius 3 is 2.30 bits per heavy atom. The van der Waals surface area contributed by atoms with Gasteiger partial charge in [-0.3, -0.25) is 0 Å². The van der Waals surface area contributed by atoms with E-state index in [0.717, 1.165) is 13.0 Å². The first kappa shape index (κ1) is 16.8. The van der Waals surface area contributed by atoms with Crippen molar-refractivity contribution in [3.63, 3.8) is 0 Å². The van der Waals surface area contributed by atoms with Gasteiger partial charge >= 0.3 is 0 Å². The normalized spacial score (nSPS) is 10.7. The Labute approximate surface area is 122 Å². The largest absolute Gasteiger partial charge is 0.489 e. The molecule has 0 heterocycles. The van der Waals surface area contributed by atoms with E-state index in [2.05, 4.69) is 6.92 Å². The molecule has 0 radical (unpaired) electrons. The molecule has 1 rings (SSSR count). The molecule has 0 spiro atoms. The lowest BCUT2D eigenvalue weighted by molar-refractivity contribution is 0.0353. The molecule has 1 aromatic rings. The highest BCUT2D eigenvalue weighted by atomic mass is 16.5. The van der Waals surface area contributed by atoms with Gasteiger partial charge in [0.25, 0.3) is 0 Å². The molecule has 20 heavy (non-hydrogen) atoms. The Bertz CT molecular complexity index is 344. The van der Waals surface area contributed by atoms with E-state index in [1.54, 1.807) is 0 Å². The Kier molecular flexibility index (Phi) is 9.70. The maximum atomic E-state index is 5.77. The minimum Gasteiger partial charge on any atom is -0.489 e. The van der Waals surface area contributed by atoms with Gasteiger partial charge < -0.3 is 19.9 Å². The van der Waals surface area contributed by atoms with E-state index >= 15 is 0 Å². The maximum absolute atomic E-state index is 5.77. The van der Waals surface area contributed by atoms with Gasteiger partial charge in [-0.05, 0) is 18.6 Å². The summed E-state index contributed by atoms with van der Waals surface area (Å²) in [5, 5.41) is 0. The highest BCUT2D eigenvalue weighted by Gasteiger charge is 1.97. The lowest BCUT2D eigenvalue weighted by atomic mass is 10.2. The molecule has 0 saturated carbocycles.